The van der Waals surface area contributed by atoms with Crippen LogP contribution in [0.1, 0.15) is 18.5 Å². The molecule has 0 saturated heterocycles. The topological polar surface area (TPSA) is 120 Å². The number of nitrogens with one attached hydrogen (secondary N) is 2. The molecular formula is C23H25N5O5S. The Bertz CT molecular complexity index is 1230. The molecule has 1 amide bonds. The Kier molecular flexibility index (Phi) is 6.55. The van der Waals surface area contributed by atoms with Gasteiger partial charge in [-0.1, -0.05) is 11.8 Å². The lowest BCUT2D eigenvalue weighted by Gasteiger charge is -2.29. The lowest BCUT2D eigenvalue weighted by atomic mass is 9.94. The van der Waals surface area contributed by atoms with Crippen molar-refractivity contribution < 1.29 is 24.1 Å². The fraction of sp³-hybridized carbons (Fsp3) is 0.261. The van der Waals surface area contributed by atoms with Crippen molar-refractivity contribution >= 4 is 29.3 Å². The van der Waals surface area contributed by atoms with E-state index < -0.39 is 6.04 Å². The lowest BCUT2D eigenvalue weighted by molar-refractivity contribution is -0.113. The van der Waals surface area contributed by atoms with Gasteiger partial charge in [0.05, 0.1) is 26.9 Å². The Labute approximate surface area is 200 Å². The average molecular weight is 484 g/mol. The number of phenols is 1. The van der Waals surface area contributed by atoms with Gasteiger partial charge < -0.3 is 30.0 Å². The molecule has 3 aromatic rings. The molecule has 0 saturated carbocycles. The van der Waals surface area contributed by atoms with Crippen LogP contribution in [0.3, 0.4) is 0 Å². The maximum atomic E-state index is 13.6. The second-order valence-electron chi connectivity index (χ2n) is 7.39. The van der Waals surface area contributed by atoms with E-state index in [1.54, 1.807) is 48.2 Å². The molecule has 0 fully saturated rings. The number of amides is 1. The van der Waals surface area contributed by atoms with Crippen LogP contribution in [0.2, 0.25) is 0 Å². The van der Waals surface area contributed by atoms with Crippen LogP contribution in [0.4, 0.5) is 11.6 Å². The number of methoxy groups -OCH3 is 3. The van der Waals surface area contributed by atoms with Crippen molar-refractivity contribution in [2.45, 2.75) is 18.1 Å². The first-order valence-electron chi connectivity index (χ1n) is 10.3. The minimum Gasteiger partial charge on any atom is -0.502 e. The standard InChI is InChI=1S/C23H25N5O5S/c1-12-18(21(30)25-14-6-8-15(31-2)9-7-14)19(28-22(24-12)26-23(27-28)34-5)13-10-16(32-3)20(29)17(11-13)33-4/h6-11,19,29H,1-5H3,(H,25,30)(H,24,26,27)/t19-/m1/s1. The summed E-state index contributed by atoms with van der Waals surface area (Å²) in [5.74, 6) is 1.17. The molecule has 0 radical (unpaired) electrons. The van der Waals surface area contributed by atoms with Crippen LogP contribution in [0.15, 0.2) is 52.8 Å². The highest BCUT2D eigenvalue weighted by molar-refractivity contribution is 7.98. The third-order valence-electron chi connectivity index (χ3n) is 5.43. The van der Waals surface area contributed by atoms with Crippen LogP contribution in [-0.2, 0) is 4.79 Å². The van der Waals surface area contributed by atoms with Crippen LogP contribution in [0.25, 0.3) is 0 Å². The van der Waals surface area contributed by atoms with Gasteiger partial charge in [-0.2, -0.15) is 4.98 Å². The molecule has 2 heterocycles. The van der Waals surface area contributed by atoms with E-state index in [0.29, 0.717) is 39.4 Å². The first-order valence-corrected chi connectivity index (χ1v) is 11.5. The van der Waals surface area contributed by atoms with Crippen molar-refractivity contribution in [1.29, 1.82) is 0 Å². The van der Waals surface area contributed by atoms with E-state index in [1.165, 1.54) is 26.0 Å². The van der Waals surface area contributed by atoms with E-state index in [0.717, 1.165) is 0 Å². The molecule has 0 bridgehead atoms. The summed E-state index contributed by atoms with van der Waals surface area (Å²) in [5.41, 5.74) is 2.29. The maximum Gasteiger partial charge on any atom is 0.255 e. The van der Waals surface area contributed by atoms with Crippen LogP contribution in [0.5, 0.6) is 23.0 Å². The summed E-state index contributed by atoms with van der Waals surface area (Å²) >= 11 is 1.39. The van der Waals surface area contributed by atoms with Crippen molar-refractivity contribution in [3.8, 4) is 23.0 Å². The number of carbonyl (C=O) groups is 1. The molecule has 11 heteroatoms. The number of carbonyl (C=O) groups excluding carboxylic acids is 1. The molecular weight excluding hydrogens is 458 g/mol. The van der Waals surface area contributed by atoms with Crippen LogP contribution in [0, 0.1) is 0 Å². The number of fused-ring (bicyclic) bond motifs is 1. The van der Waals surface area contributed by atoms with E-state index in [9.17, 15) is 9.90 Å². The molecule has 178 valence electrons. The summed E-state index contributed by atoms with van der Waals surface area (Å²) in [7, 11) is 4.48. The largest absolute Gasteiger partial charge is 0.502 e. The van der Waals surface area contributed by atoms with Gasteiger partial charge in [0.15, 0.2) is 11.5 Å². The number of ether oxygens (including phenoxy) is 3. The number of anilines is 2. The van der Waals surface area contributed by atoms with Crippen molar-refractivity contribution in [2.75, 3.05) is 38.2 Å². The predicted molar refractivity (Wildman–Crippen MR) is 129 cm³/mol. The van der Waals surface area contributed by atoms with E-state index in [-0.39, 0.29) is 23.2 Å². The quantitative estimate of drug-likeness (QED) is 0.433. The molecule has 10 nitrogen and oxygen atoms in total. The number of rotatable bonds is 7. The van der Waals surface area contributed by atoms with Gasteiger partial charge in [0, 0.05) is 11.4 Å². The number of phenolic OH excluding ortho intramolecular Hbond substituents is 1. The van der Waals surface area contributed by atoms with Gasteiger partial charge in [-0.3, -0.25) is 4.79 Å². The number of benzene rings is 2. The Morgan fingerprint density at radius 2 is 1.76 bits per heavy atom. The fourth-order valence-electron chi connectivity index (χ4n) is 3.76. The molecule has 1 aromatic heterocycles. The summed E-state index contributed by atoms with van der Waals surface area (Å²) < 4.78 is 17.5. The Morgan fingerprint density at radius 3 is 2.32 bits per heavy atom. The highest BCUT2D eigenvalue weighted by atomic mass is 32.2. The molecule has 3 N–H and O–H groups in total. The van der Waals surface area contributed by atoms with Gasteiger partial charge in [-0.25, -0.2) is 4.68 Å². The van der Waals surface area contributed by atoms with Gasteiger partial charge in [0.2, 0.25) is 16.9 Å². The number of aromatic nitrogens is 3. The van der Waals surface area contributed by atoms with Gasteiger partial charge in [0.25, 0.3) is 5.91 Å². The molecule has 2 aromatic carbocycles. The normalized spacial score (nSPS) is 14.8. The third-order valence-corrected chi connectivity index (χ3v) is 5.96. The zero-order chi connectivity index (χ0) is 24.4. The fourth-order valence-corrected chi connectivity index (χ4v) is 4.11. The van der Waals surface area contributed by atoms with Crippen LogP contribution < -0.4 is 24.8 Å². The first-order chi connectivity index (χ1) is 16.4. The summed E-state index contributed by atoms with van der Waals surface area (Å²) in [5, 5.41) is 21.7. The zero-order valence-corrected chi connectivity index (χ0v) is 20.2. The molecule has 34 heavy (non-hydrogen) atoms. The van der Waals surface area contributed by atoms with Gasteiger partial charge in [0.1, 0.15) is 11.8 Å². The van der Waals surface area contributed by atoms with E-state index in [4.69, 9.17) is 14.2 Å². The molecule has 1 aliphatic heterocycles. The van der Waals surface area contributed by atoms with Crippen molar-refractivity contribution in [1.82, 2.24) is 14.8 Å². The maximum absolute atomic E-state index is 13.6. The first kappa shape index (κ1) is 23.3. The number of nitrogens with zero attached hydrogens (tertiary/aromatic N) is 3. The number of aromatic hydroxyl groups is 1. The van der Waals surface area contributed by atoms with Gasteiger partial charge in [-0.15, -0.1) is 5.10 Å². The number of hydrogen-bond acceptors (Lipinski definition) is 9. The summed E-state index contributed by atoms with van der Waals surface area (Å²) in [6.07, 6.45) is 1.88. The lowest BCUT2D eigenvalue weighted by Crippen LogP contribution is -2.31. The Morgan fingerprint density at radius 1 is 1.12 bits per heavy atom. The minimum absolute atomic E-state index is 0.128. The monoisotopic (exact) mass is 483 g/mol. The second-order valence-corrected chi connectivity index (χ2v) is 8.16. The number of allylic oxidation sites excluding steroid dienone is 1. The molecule has 1 atom stereocenters. The SMILES string of the molecule is COc1ccc(NC(=O)C2=C(C)Nc3nc(SC)nn3[C@@H]2c2cc(OC)c(O)c(OC)c2)cc1. The van der Waals surface area contributed by atoms with Crippen LogP contribution >= 0.6 is 11.8 Å². The van der Waals surface area contributed by atoms with Gasteiger partial charge >= 0.3 is 0 Å². The van der Waals surface area contributed by atoms with E-state index in [1.807, 2.05) is 13.2 Å². The molecule has 0 unspecified atom stereocenters. The molecule has 4 rings (SSSR count). The molecule has 0 aliphatic carbocycles. The molecule has 0 spiro atoms. The average Bonchev–Trinajstić information content (AvgIpc) is 3.26. The van der Waals surface area contributed by atoms with Crippen molar-refractivity contribution in [3.63, 3.8) is 0 Å². The highest BCUT2D eigenvalue weighted by Crippen LogP contribution is 2.43. The van der Waals surface area contributed by atoms with Crippen LogP contribution in [-0.4, -0.2) is 53.4 Å². The number of hydrogen-bond donors (Lipinski definition) is 3. The highest BCUT2D eigenvalue weighted by Gasteiger charge is 2.35. The Hall–Kier alpha value is -3.86. The van der Waals surface area contributed by atoms with E-state index >= 15 is 0 Å². The van der Waals surface area contributed by atoms with Gasteiger partial charge in [-0.05, 0) is 55.1 Å². The predicted octanol–water partition coefficient (Wildman–Crippen LogP) is 3.66. The third kappa shape index (κ3) is 4.21. The number of thioether (sulfide) groups is 1. The zero-order valence-electron chi connectivity index (χ0n) is 19.4. The summed E-state index contributed by atoms with van der Waals surface area (Å²) in [6, 6.07) is 9.71. The van der Waals surface area contributed by atoms with Crippen molar-refractivity contribution in [3.05, 3.63) is 53.2 Å². The second kappa shape index (κ2) is 9.56. The Balaban J connectivity index is 1.82. The summed E-state index contributed by atoms with van der Waals surface area (Å²) in [4.78, 5) is 18.1. The van der Waals surface area contributed by atoms with Crippen molar-refractivity contribution in [2.24, 2.45) is 0 Å². The molecule has 1 aliphatic rings. The van der Waals surface area contributed by atoms with E-state index in [2.05, 4.69) is 20.7 Å². The minimum atomic E-state index is -0.661. The summed E-state index contributed by atoms with van der Waals surface area (Å²) in [6.45, 7) is 1.81. The smallest absolute Gasteiger partial charge is 0.255 e.